The molecule has 7 heteroatoms. The number of nitrogens with zero attached hydrogens (tertiary/aromatic N) is 2. The molecule has 1 aliphatic carbocycles. The second-order valence-corrected chi connectivity index (χ2v) is 7.15. The summed E-state index contributed by atoms with van der Waals surface area (Å²) in [6, 6.07) is 13.9. The van der Waals surface area contributed by atoms with Gasteiger partial charge in [0.05, 0.1) is 27.9 Å². The van der Waals surface area contributed by atoms with Crippen LogP contribution in [0.5, 0.6) is 0 Å². The summed E-state index contributed by atoms with van der Waals surface area (Å²) in [5.41, 5.74) is 3.46. The van der Waals surface area contributed by atoms with E-state index >= 15 is 0 Å². The van der Waals surface area contributed by atoms with Gasteiger partial charge in [0.2, 0.25) is 0 Å². The van der Waals surface area contributed by atoms with Gasteiger partial charge in [-0.05, 0) is 29.3 Å². The molecule has 1 aromatic heterocycles. The van der Waals surface area contributed by atoms with Crippen molar-refractivity contribution in [3.8, 4) is 11.3 Å². The Bertz CT molecular complexity index is 1030. The van der Waals surface area contributed by atoms with Crippen molar-refractivity contribution in [2.45, 2.75) is 18.6 Å². The fraction of sp³-hybridized carbons (Fsp3) is 0.150. The van der Waals surface area contributed by atoms with E-state index < -0.39 is 12.1 Å². The second kappa shape index (κ2) is 7.27. The summed E-state index contributed by atoms with van der Waals surface area (Å²) >= 11 is 12.0. The predicted octanol–water partition coefficient (Wildman–Crippen LogP) is 3.84. The standard InChI is InChI=1S/C20H15Cl2N3O2/c21-14-6-5-12(7-15(14)22)16-9-17(24-10-23-16)20(27)25-19-13-4-2-1-3-11(13)8-18(19)26/h1-7,9-10,18-19,26H,8H2,(H,25,27)/t18-,19+/m1/s1. The van der Waals surface area contributed by atoms with Crippen LogP contribution in [0.4, 0.5) is 0 Å². The molecular formula is C20H15Cl2N3O2. The van der Waals surface area contributed by atoms with Gasteiger partial charge in [0.1, 0.15) is 12.0 Å². The molecule has 2 N–H and O–H groups in total. The summed E-state index contributed by atoms with van der Waals surface area (Å²) in [4.78, 5) is 21.0. The van der Waals surface area contributed by atoms with Gasteiger partial charge in [-0.2, -0.15) is 0 Å². The van der Waals surface area contributed by atoms with E-state index in [-0.39, 0.29) is 11.6 Å². The number of amides is 1. The highest BCUT2D eigenvalue weighted by molar-refractivity contribution is 6.42. The maximum atomic E-state index is 12.7. The maximum absolute atomic E-state index is 12.7. The molecule has 4 rings (SSSR count). The third-order valence-corrected chi connectivity index (χ3v) is 5.34. The van der Waals surface area contributed by atoms with Crippen molar-refractivity contribution in [3.63, 3.8) is 0 Å². The van der Waals surface area contributed by atoms with Crippen LogP contribution in [-0.2, 0) is 6.42 Å². The number of aliphatic hydroxyl groups excluding tert-OH is 1. The number of halogens is 2. The van der Waals surface area contributed by atoms with Crippen molar-refractivity contribution in [1.29, 1.82) is 0 Å². The van der Waals surface area contributed by atoms with Crippen LogP contribution in [-0.4, -0.2) is 27.1 Å². The summed E-state index contributed by atoms with van der Waals surface area (Å²) in [6.45, 7) is 0. The molecule has 1 heterocycles. The first-order chi connectivity index (χ1) is 13.0. The van der Waals surface area contributed by atoms with Crippen molar-refractivity contribution in [3.05, 3.63) is 81.7 Å². The molecule has 136 valence electrons. The number of nitrogens with one attached hydrogen (secondary N) is 1. The summed E-state index contributed by atoms with van der Waals surface area (Å²) in [5, 5.41) is 14.0. The van der Waals surface area contributed by atoms with Gasteiger partial charge >= 0.3 is 0 Å². The quantitative estimate of drug-likeness (QED) is 0.701. The Morgan fingerprint density at radius 3 is 2.70 bits per heavy atom. The molecule has 1 aliphatic rings. The number of hydrogen-bond donors (Lipinski definition) is 2. The lowest BCUT2D eigenvalue weighted by Crippen LogP contribution is -2.34. The average Bonchev–Trinajstić information content (AvgIpc) is 2.99. The van der Waals surface area contributed by atoms with Crippen LogP contribution in [0, 0.1) is 0 Å². The van der Waals surface area contributed by atoms with Gasteiger partial charge in [0, 0.05) is 12.0 Å². The number of hydrogen-bond acceptors (Lipinski definition) is 4. The molecule has 3 aromatic rings. The topological polar surface area (TPSA) is 75.1 Å². The molecule has 0 saturated carbocycles. The van der Waals surface area contributed by atoms with E-state index in [0.29, 0.717) is 22.2 Å². The van der Waals surface area contributed by atoms with Crippen LogP contribution in [0.1, 0.15) is 27.7 Å². The predicted molar refractivity (Wildman–Crippen MR) is 104 cm³/mol. The summed E-state index contributed by atoms with van der Waals surface area (Å²) in [6.07, 6.45) is 1.17. The van der Waals surface area contributed by atoms with Gasteiger partial charge in [-0.3, -0.25) is 4.79 Å². The Morgan fingerprint density at radius 1 is 1.07 bits per heavy atom. The Labute approximate surface area is 166 Å². The lowest BCUT2D eigenvalue weighted by atomic mass is 10.1. The molecule has 0 unspecified atom stereocenters. The van der Waals surface area contributed by atoms with Gasteiger partial charge in [-0.25, -0.2) is 9.97 Å². The van der Waals surface area contributed by atoms with Crippen LogP contribution >= 0.6 is 23.2 Å². The van der Waals surface area contributed by atoms with Crippen LogP contribution in [0.2, 0.25) is 10.0 Å². The number of carbonyl (C=O) groups is 1. The number of carbonyl (C=O) groups excluding carboxylic acids is 1. The molecule has 0 bridgehead atoms. The van der Waals surface area contributed by atoms with Crippen molar-refractivity contribution in [2.75, 3.05) is 0 Å². The van der Waals surface area contributed by atoms with Crippen LogP contribution < -0.4 is 5.32 Å². The Hall–Kier alpha value is -2.47. The van der Waals surface area contributed by atoms with Crippen molar-refractivity contribution < 1.29 is 9.90 Å². The van der Waals surface area contributed by atoms with E-state index in [4.69, 9.17) is 23.2 Å². The first-order valence-corrected chi connectivity index (χ1v) is 9.13. The molecule has 0 spiro atoms. The van der Waals surface area contributed by atoms with Crippen LogP contribution in [0.3, 0.4) is 0 Å². The molecule has 2 atom stereocenters. The highest BCUT2D eigenvalue weighted by atomic mass is 35.5. The smallest absolute Gasteiger partial charge is 0.270 e. The Balaban J connectivity index is 1.59. The van der Waals surface area contributed by atoms with E-state index in [1.54, 1.807) is 24.3 Å². The third-order valence-electron chi connectivity index (χ3n) is 4.61. The zero-order chi connectivity index (χ0) is 19.0. The number of benzene rings is 2. The zero-order valence-corrected chi connectivity index (χ0v) is 15.6. The lowest BCUT2D eigenvalue weighted by molar-refractivity contribution is 0.0853. The van der Waals surface area contributed by atoms with Gasteiger partial charge in [-0.15, -0.1) is 0 Å². The number of aliphatic hydroxyl groups is 1. The first kappa shape index (κ1) is 17.9. The highest BCUT2D eigenvalue weighted by Crippen LogP contribution is 2.32. The molecule has 5 nitrogen and oxygen atoms in total. The fourth-order valence-corrected chi connectivity index (χ4v) is 3.56. The van der Waals surface area contributed by atoms with E-state index in [1.165, 1.54) is 6.33 Å². The fourth-order valence-electron chi connectivity index (χ4n) is 3.26. The highest BCUT2D eigenvalue weighted by Gasteiger charge is 2.32. The van der Waals surface area contributed by atoms with E-state index in [2.05, 4.69) is 15.3 Å². The molecule has 1 amide bonds. The molecule has 0 saturated heterocycles. The van der Waals surface area contributed by atoms with Crippen molar-refractivity contribution in [1.82, 2.24) is 15.3 Å². The minimum absolute atomic E-state index is 0.211. The van der Waals surface area contributed by atoms with Crippen molar-refractivity contribution in [2.24, 2.45) is 0 Å². The number of fused-ring (bicyclic) bond motifs is 1. The van der Waals surface area contributed by atoms with Crippen LogP contribution in [0.25, 0.3) is 11.3 Å². The Morgan fingerprint density at radius 2 is 1.89 bits per heavy atom. The summed E-state index contributed by atoms with van der Waals surface area (Å²) in [7, 11) is 0. The van der Waals surface area contributed by atoms with Gasteiger partial charge in [0.15, 0.2) is 0 Å². The average molecular weight is 400 g/mol. The van der Waals surface area contributed by atoms with E-state index in [9.17, 15) is 9.90 Å². The summed E-state index contributed by atoms with van der Waals surface area (Å²) in [5.74, 6) is -0.375. The molecule has 27 heavy (non-hydrogen) atoms. The molecule has 0 fully saturated rings. The minimum atomic E-state index is -0.664. The minimum Gasteiger partial charge on any atom is -0.390 e. The van der Waals surface area contributed by atoms with Crippen LogP contribution in [0.15, 0.2) is 54.9 Å². The number of aromatic nitrogens is 2. The third kappa shape index (κ3) is 3.54. The van der Waals surface area contributed by atoms with Gasteiger partial charge in [-0.1, -0.05) is 53.5 Å². The van der Waals surface area contributed by atoms with Gasteiger partial charge < -0.3 is 10.4 Å². The maximum Gasteiger partial charge on any atom is 0.270 e. The molecule has 0 radical (unpaired) electrons. The molecule has 2 aromatic carbocycles. The second-order valence-electron chi connectivity index (χ2n) is 6.34. The largest absolute Gasteiger partial charge is 0.390 e. The molecule has 0 aliphatic heterocycles. The van der Waals surface area contributed by atoms with E-state index in [1.807, 2.05) is 24.3 Å². The zero-order valence-electron chi connectivity index (χ0n) is 14.1. The normalized spacial score (nSPS) is 18.2. The van der Waals surface area contributed by atoms with Gasteiger partial charge in [0.25, 0.3) is 5.91 Å². The monoisotopic (exact) mass is 399 g/mol. The Kier molecular flexibility index (Phi) is 4.83. The number of rotatable bonds is 3. The SMILES string of the molecule is O=C(N[C@H]1c2ccccc2C[C@H]1O)c1cc(-c2ccc(Cl)c(Cl)c2)ncn1. The molecular weight excluding hydrogens is 385 g/mol. The van der Waals surface area contributed by atoms with E-state index in [0.717, 1.165) is 16.7 Å². The first-order valence-electron chi connectivity index (χ1n) is 8.37. The van der Waals surface area contributed by atoms with Crippen molar-refractivity contribution >= 4 is 29.1 Å². The lowest BCUT2D eigenvalue weighted by Gasteiger charge is -2.17. The summed E-state index contributed by atoms with van der Waals surface area (Å²) < 4.78 is 0.